The van der Waals surface area contributed by atoms with Crippen LogP contribution in [0, 0.1) is 5.41 Å². The minimum absolute atomic E-state index is 0.171. The highest BCUT2D eigenvalue weighted by Crippen LogP contribution is 2.40. The van der Waals surface area contributed by atoms with Crippen LogP contribution in [0.3, 0.4) is 0 Å². The monoisotopic (exact) mass is 170 g/mol. The molecular weight excluding hydrogens is 152 g/mol. The van der Waals surface area contributed by atoms with Crippen molar-refractivity contribution >= 4 is 6.29 Å². The van der Waals surface area contributed by atoms with Crippen LogP contribution in [0.2, 0.25) is 0 Å². The zero-order chi connectivity index (χ0) is 9.03. The maximum absolute atomic E-state index is 10.9. The van der Waals surface area contributed by atoms with Crippen LogP contribution in [0.25, 0.3) is 0 Å². The predicted molar refractivity (Wildman–Crippen MR) is 47.9 cm³/mol. The smallest absolute Gasteiger partial charge is 0.126 e. The highest BCUT2D eigenvalue weighted by molar-refractivity contribution is 5.59. The number of carbonyl (C=O) groups excluding carboxylic acids is 1. The molecule has 0 aliphatic heterocycles. The summed E-state index contributed by atoms with van der Waals surface area (Å²) in [6.07, 6.45) is 6.47. The van der Waals surface area contributed by atoms with Crippen LogP contribution >= 0.6 is 0 Å². The summed E-state index contributed by atoms with van der Waals surface area (Å²) in [6, 6.07) is 0. The van der Waals surface area contributed by atoms with Gasteiger partial charge in [0, 0.05) is 5.41 Å². The molecule has 0 saturated heterocycles. The average Bonchev–Trinajstić information content (AvgIpc) is 2.54. The summed E-state index contributed by atoms with van der Waals surface area (Å²) < 4.78 is 0. The minimum Gasteiger partial charge on any atom is -0.393 e. The van der Waals surface area contributed by atoms with Crippen molar-refractivity contribution in [1.29, 1.82) is 0 Å². The van der Waals surface area contributed by atoms with Gasteiger partial charge in [-0.1, -0.05) is 19.8 Å². The third-order valence-electron chi connectivity index (χ3n) is 2.96. The van der Waals surface area contributed by atoms with Gasteiger partial charge in [0.05, 0.1) is 6.10 Å². The van der Waals surface area contributed by atoms with Crippen LogP contribution in [0.15, 0.2) is 0 Å². The second kappa shape index (κ2) is 4.04. The van der Waals surface area contributed by atoms with Crippen LogP contribution in [0.5, 0.6) is 0 Å². The molecule has 1 unspecified atom stereocenters. The molecule has 12 heavy (non-hydrogen) atoms. The van der Waals surface area contributed by atoms with Crippen LogP contribution in [-0.2, 0) is 4.79 Å². The number of rotatable bonds is 4. The van der Waals surface area contributed by atoms with Gasteiger partial charge in [0.1, 0.15) is 6.29 Å². The van der Waals surface area contributed by atoms with Crippen molar-refractivity contribution in [2.75, 3.05) is 0 Å². The maximum Gasteiger partial charge on any atom is 0.126 e. The standard InChI is InChI=1S/C10H18O2/c1-2-9(12)7-10(8-11)5-3-4-6-10/h8-9,12H,2-7H2,1H3. The van der Waals surface area contributed by atoms with Crippen molar-refractivity contribution in [2.24, 2.45) is 5.41 Å². The van der Waals surface area contributed by atoms with Gasteiger partial charge in [-0.2, -0.15) is 0 Å². The van der Waals surface area contributed by atoms with Gasteiger partial charge in [-0.15, -0.1) is 0 Å². The summed E-state index contributed by atoms with van der Waals surface area (Å²) in [4.78, 5) is 10.9. The molecule has 1 rings (SSSR count). The van der Waals surface area contributed by atoms with Gasteiger partial charge in [0.15, 0.2) is 0 Å². The molecule has 0 spiro atoms. The normalized spacial score (nSPS) is 23.8. The molecule has 0 bridgehead atoms. The molecule has 2 nitrogen and oxygen atoms in total. The van der Waals surface area contributed by atoms with Crippen molar-refractivity contribution in [1.82, 2.24) is 0 Å². The van der Waals surface area contributed by atoms with E-state index in [1.165, 1.54) is 0 Å². The molecule has 0 aromatic carbocycles. The Kier molecular flexibility index (Phi) is 3.27. The Bertz CT molecular complexity index is 148. The van der Waals surface area contributed by atoms with Crippen molar-refractivity contribution in [3.63, 3.8) is 0 Å². The third kappa shape index (κ3) is 2.07. The minimum atomic E-state index is -0.284. The quantitative estimate of drug-likeness (QED) is 0.654. The Morgan fingerprint density at radius 3 is 2.50 bits per heavy atom. The van der Waals surface area contributed by atoms with E-state index in [1.807, 2.05) is 6.92 Å². The molecule has 1 N–H and O–H groups in total. The van der Waals surface area contributed by atoms with E-state index >= 15 is 0 Å². The van der Waals surface area contributed by atoms with Crippen molar-refractivity contribution in [2.45, 2.75) is 51.6 Å². The molecule has 1 saturated carbocycles. The highest BCUT2D eigenvalue weighted by Gasteiger charge is 2.34. The zero-order valence-electron chi connectivity index (χ0n) is 7.75. The topological polar surface area (TPSA) is 37.3 Å². The summed E-state index contributed by atoms with van der Waals surface area (Å²) >= 11 is 0. The van der Waals surface area contributed by atoms with Gasteiger partial charge < -0.3 is 9.90 Å². The third-order valence-corrected chi connectivity index (χ3v) is 2.96. The molecule has 2 heteroatoms. The Balaban J connectivity index is 2.49. The Hall–Kier alpha value is -0.370. The summed E-state index contributed by atoms with van der Waals surface area (Å²) in [5, 5.41) is 9.46. The fourth-order valence-electron chi connectivity index (χ4n) is 2.06. The van der Waals surface area contributed by atoms with E-state index in [0.29, 0.717) is 6.42 Å². The molecule has 0 aromatic heterocycles. The lowest BCUT2D eigenvalue weighted by molar-refractivity contribution is -0.117. The largest absolute Gasteiger partial charge is 0.393 e. The summed E-state index contributed by atoms with van der Waals surface area (Å²) in [6.45, 7) is 1.96. The molecular formula is C10H18O2. The van der Waals surface area contributed by atoms with Gasteiger partial charge in [-0.05, 0) is 25.7 Å². The Labute approximate surface area is 74.0 Å². The molecule has 1 aliphatic rings. The Morgan fingerprint density at radius 1 is 1.50 bits per heavy atom. The second-order valence-corrected chi connectivity index (χ2v) is 3.95. The van der Waals surface area contributed by atoms with Crippen molar-refractivity contribution < 1.29 is 9.90 Å². The average molecular weight is 170 g/mol. The van der Waals surface area contributed by atoms with Crippen molar-refractivity contribution in [3.05, 3.63) is 0 Å². The number of aliphatic hydroxyl groups is 1. The van der Waals surface area contributed by atoms with Gasteiger partial charge in [0.2, 0.25) is 0 Å². The van der Waals surface area contributed by atoms with Crippen molar-refractivity contribution in [3.8, 4) is 0 Å². The van der Waals surface area contributed by atoms with Gasteiger partial charge in [-0.25, -0.2) is 0 Å². The highest BCUT2D eigenvalue weighted by atomic mass is 16.3. The van der Waals surface area contributed by atoms with E-state index in [9.17, 15) is 9.90 Å². The number of hydrogen-bond donors (Lipinski definition) is 1. The molecule has 0 radical (unpaired) electrons. The van der Waals surface area contributed by atoms with Crippen LogP contribution in [0.4, 0.5) is 0 Å². The zero-order valence-corrected chi connectivity index (χ0v) is 7.75. The fourth-order valence-corrected chi connectivity index (χ4v) is 2.06. The first-order valence-electron chi connectivity index (χ1n) is 4.87. The van der Waals surface area contributed by atoms with E-state index in [4.69, 9.17) is 0 Å². The molecule has 1 aliphatic carbocycles. The summed E-state index contributed by atoms with van der Waals surface area (Å²) in [5.41, 5.74) is -0.171. The van der Waals surface area contributed by atoms with Gasteiger partial charge >= 0.3 is 0 Å². The first-order chi connectivity index (χ1) is 5.72. The molecule has 1 atom stereocenters. The van der Waals surface area contributed by atoms with E-state index in [-0.39, 0.29) is 11.5 Å². The fraction of sp³-hybridized carbons (Fsp3) is 0.900. The second-order valence-electron chi connectivity index (χ2n) is 3.95. The number of aliphatic hydroxyl groups excluding tert-OH is 1. The number of hydrogen-bond acceptors (Lipinski definition) is 2. The SMILES string of the molecule is CCC(O)CC1(C=O)CCCC1. The number of carbonyl (C=O) groups is 1. The van der Waals surface area contributed by atoms with E-state index in [1.54, 1.807) is 0 Å². The first-order valence-corrected chi connectivity index (χ1v) is 4.87. The lowest BCUT2D eigenvalue weighted by atomic mass is 9.82. The molecule has 0 heterocycles. The number of aldehydes is 1. The summed E-state index contributed by atoms with van der Waals surface area (Å²) in [7, 11) is 0. The molecule has 0 aromatic rings. The first kappa shape index (κ1) is 9.72. The van der Waals surface area contributed by atoms with Gasteiger partial charge in [0.25, 0.3) is 0 Å². The maximum atomic E-state index is 10.9. The van der Waals surface area contributed by atoms with Crippen LogP contribution < -0.4 is 0 Å². The molecule has 0 amide bonds. The molecule has 70 valence electrons. The lowest BCUT2D eigenvalue weighted by Gasteiger charge is -2.24. The van der Waals surface area contributed by atoms with Crippen LogP contribution in [-0.4, -0.2) is 17.5 Å². The van der Waals surface area contributed by atoms with E-state index in [2.05, 4.69) is 0 Å². The lowest BCUT2D eigenvalue weighted by Crippen LogP contribution is -2.24. The summed E-state index contributed by atoms with van der Waals surface area (Å²) in [5.74, 6) is 0. The van der Waals surface area contributed by atoms with E-state index in [0.717, 1.165) is 38.4 Å². The Morgan fingerprint density at radius 2 is 2.08 bits per heavy atom. The molecule has 1 fully saturated rings. The van der Waals surface area contributed by atoms with E-state index < -0.39 is 0 Å². The van der Waals surface area contributed by atoms with Gasteiger partial charge in [-0.3, -0.25) is 0 Å². The van der Waals surface area contributed by atoms with Crippen LogP contribution in [0.1, 0.15) is 45.4 Å². The predicted octanol–water partition coefficient (Wildman–Crippen LogP) is 1.91.